The van der Waals surface area contributed by atoms with E-state index < -0.39 is 0 Å². The molecule has 0 radical (unpaired) electrons. The van der Waals surface area contributed by atoms with Crippen molar-refractivity contribution in [2.24, 2.45) is 0 Å². The zero-order valence-corrected chi connectivity index (χ0v) is 45.9. The van der Waals surface area contributed by atoms with Crippen molar-refractivity contribution in [3.63, 3.8) is 0 Å². The van der Waals surface area contributed by atoms with Gasteiger partial charge in [-0.2, -0.15) is 0 Å². The molecule has 368 valence electrons. The van der Waals surface area contributed by atoms with E-state index in [0.717, 1.165) is 37.7 Å². The molecule has 74 heavy (non-hydrogen) atoms. The third-order valence-electron chi connectivity index (χ3n) is 14.8. The number of benzene rings is 8. The second-order valence-electron chi connectivity index (χ2n) is 22.9. The number of pyridine rings is 1. The van der Waals surface area contributed by atoms with Crippen molar-refractivity contribution in [2.45, 2.75) is 78.6 Å². The van der Waals surface area contributed by atoms with Gasteiger partial charge < -0.3 is 0 Å². The maximum atomic E-state index is 6.84. The van der Waals surface area contributed by atoms with E-state index in [9.17, 15) is 0 Å². The predicted molar refractivity (Wildman–Crippen MR) is 306 cm³/mol. The second-order valence-corrected chi connectivity index (χ2v) is 23.9. The molecule has 0 unspecified atom stereocenters. The van der Waals surface area contributed by atoms with Gasteiger partial charge in [0.1, 0.15) is 0 Å². The Morgan fingerprint density at radius 2 is 1.03 bits per heavy atom. The molecular weight excluding hydrogens is 1080 g/mol. The average molecular weight is 1150 g/mol. The third-order valence-corrected chi connectivity index (χ3v) is 15.8. The fourth-order valence-electron chi connectivity index (χ4n) is 10.9. The normalized spacial score (nSPS) is 13.0. The molecule has 0 fully saturated rings. The number of nitrogens with zero attached hydrogens (tertiary/aromatic N) is 5. The van der Waals surface area contributed by atoms with Crippen LogP contribution in [0.3, 0.4) is 0 Å². The monoisotopic (exact) mass is 1140 g/mol. The first kappa shape index (κ1) is 47.5. The van der Waals surface area contributed by atoms with E-state index in [2.05, 4.69) is 288 Å². The summed E-state index contributed by atoms with van der Waals surface area (Å²) in [7, 11) is 0. The van der Waals surface area contributed by atoms with Gasteiger partial charge in [-0.05, 0) is 6.07 Å². The summed E-state index contributed by atoms with van der Waals surface area (Å²) >= 11 is 2.55. The molecule has 8 heteroatoms. The Morgan fingerprint density at radius 1 is 0.473 bits per heavy atom. The maximum absolute atomic E-state index is 6.84. The molecule has 1 aliphatic rings. The van der Waals surface area contributed by atoms with Crippen LogP contribution in [0.4, 0.5) is 11.5 Å². The first-order valence-corrected chi connectivity index (χ1v) is 26.9. The van der Waals surface area contributed by atoms with Crippen LogP contribution in [0.15, 0.2) is 200 Å². The summed E-state index contributed by atoms with van der Waals surface area (Å²) in [6.45, 7) is 20.8. The Bertz CT molecular complexity index is 4000. The van der Waals surface area contributed by atoms with E-state index in [4.69, 9.17) is 9.72 Å². The van der Waals surface area contributed by atoms with Gasteiger partial charge in [0.05, 0.1) is 0 Å². The molecule has 0 aliphatic carbocycles. The van der Waals surface area contributed by atoms with Gasteiger partial charge in [0.15, 0.2) is 0 Å². The van der Waals surface area contributed by atoms with Crippen molar-refractivity contribution in [2.75, 3.05) is 4.81 Å². The van der Waals surface area contributed by atoms with Crippen LogP contribution in [0.25, 0.3) is 66.5 Å². The van der Waals surface area contributed by atoms with Crippen molar-refractivity contribution >= 4 is 56.8 Å². The molecule has 0 N–H and O–H groups in total. The van der Waals surface area contributed by atoms with Crippen LogP contribution in [0.1, 0.15) is 79.0 Å². The van der Waals surface area contributed by atoms with E-state index in [1.54, 1.807) is 0 Å². The van der Waals surface area contributed by atoms with Crippen LogP contribution < -0.4 is 15.0 Å². The number of ether oxygens (including phenoxy) is 1. The molecule has 0 saturated carbocycles. The van der Waals surface area contributed by atoms with Crippen molar-refractivity contribution in [1.29, 1.82) is 0 Å². The molecule has 4 heterocycles. The molecule has 1 aliphatic heterocycles. The van der Waals surface area contributed by atoms with E-state index in [0.29, 0.717) is 11.6 Å². The van der Waals surface area contributed by atoms with Gasteiger partial charge in [0.25, 0.3) is 0 Å². The summed E-state index contributed by atoms with van der Waals surface area (Å²) in [5.41, 5.74) is 17.5. The molecule has 0 saturated heterocycles. The number of para-hydroxylation sites is 4. The van der Waals surface area contributed by atoms with Gasteiger partial charge in [0.2, 0.25) is 0 Å². The minimum atomic E-state index is -0.145. The van der Waals surface area contributed by atoms with Crippen LogP contribution >= 0.6 is 0 Å². The number of hydrogen-bond acceptors (Lipinski definition) is 3. The van der Waals surface area contributed by atoms with Gasteiger partial charge in [-0.15, -0.1) is 0 Å². The fraction of sp³-hybridized carbons (Fsp3) is 0.182. The van der Waals surface area contributed by atoms with Crippen molar-refractivity contribution < 1.29 is 24.1 Å². The van der Waals surface area contributed by atoms with Gasteiger partial charge >= 0.3 is 366 Å². The third kappa shape index (κ3) is 8.17. The van der Waals surface area contributed by atoms with E-state index in [1.165, 1.54) is 66.2 Å². The van der Waals surface area contributed by atoms with Crippen LogP contribution in [0.2, 0.25) is 0 Å². The Kier molecular flexibility index (Phi) is 11.5. The number of hydrogen-bond donors (Lipinski definition) is 0. The summed E-state index contributed by atoms with van der Waals surface area (Å²) in [6, 6.07) is 72.5. The summed E-state index contributed by atoms with van der Waals surface area (Å²) in [4.78, 5) is 7.65. The number of anilines is 2. The van der Waals surface area contributed by atoms with Crippen LogP contribution in [0.5, 0.6) is 11.6 Å². The molecule has 0 spiro atoms. The van der Waals surface area contributed by atoms with Gasteiger partial charge in [-0.1, -0.05) is 60.7 Å². The zero-order chi connectivity index (χ0) is 51.3. The number of aromatic nitrogens is 4. The Hall–Kier alpha value is -7.47. The molecule has 8 aromatic carbocycles. The predicted octanol–water partition coefficient (Wildman–Crippen LogP) is 16.4. The first-order chi connectivity index (χ1) is 35.5. The SMILES string of the molecule is CC(C)(C)c1cc(-c2cc(C(C)(C)C)cc(-c3ccccc3)c2-n2[c](=[Pt])n(-c3cccc(Oc4cccc(N5B(c6ccccc6)n6c7ccccc7c7cccc5c76)n4)c3)c3ccccc32)cc(C(C)(C)C)c1. The van der Waals surface area contributed by atoms with Crippen molar-refractivity contribution in [3.05, 3.63) is 221 Å². The average Bonchev–Trinajstić information content (AvgIpc) is 4.05. The zero-order valence-electron chi connectivity index (χ0n) is 43.6. The molecule has 6 nitrogen and oxygen atoms in total. The van der Waals surface area contributed by atoms with Crippen LogP contribution in [-0.2, 0) is 35.6 Å². The van der Waals surface area contributed by atoms with Crippen molar-refractivity contribution in [1.82, 2.24) is 18.6 Å². The first-order valence-electron chi connectivity index (χ1n) is 25.7. The van der Waals surface area contributed by atoms with Gasteiger partial charge in [0, 0.05) is 16.3 Å². The summed E-state index contributed by atoms with van der Waals surface area (Å²) in [5.74, 6) is 2.03. The Morgan fingerprint density at radius 3 is 1.70 bits per heavy atom. The molecule has 0 atom stereocenters. The Labute approximate surface area is 446 Å². The minimum absolute atomic E-state index is 0.0585. The van der Waals surface area contributed by atoms with E-state index in [-0.39, 0.29) is 23.2 Å². The summed E-state index contributed by atoms with van der Waals surface area (Å²) in [5, 5.41) is 2.49. The fourth-order valence-corrected chi connectivity index (χ4v) is 12.0. The molecule has 12 rings (SSSR count). The van der Waals surface area contributed by atoms with E-state index >= 15 is 0 Å². The number of fused-ring (bicyclic) bond motifs is 4. The van der Waals surface area contributed by atoms with E-state index in [1.807, 2.05) is 12.1 Å². The standard InChI is InChI=1S/C66H60BN5O.Pt/c1-64(2,3)46-37-45(38-47(39-46)65(4,5)6)55-41-48(66(7,8)9)40-54(44-23-12-10-13-24-44)62(55)70-43-69(57-32-18-19-33-58(57)70)50-27-20-28-51(42-50)73-61-36-22-35-60(68-61)71-59-34-21-30-53-52-29-16-17-31-56(52)72(63(53)59)67(71)49-25-14-11-15-26-49;/h10-42H,1-9H3;. The topological polar surface area (TPSA) is 40.1 Å². The molecule has 0 bridgehead atoms. The van der Waals surface area contributed by atoms with Gasteiger partial charge in [-0.25, -0.2) is 0 Å². The summed E-state index contributed by atoms with van der Waals surface area (Å²) in [6.07, 6.45) is 0. The van der Waals surface area contributed by atoms with Crippen molar-refractivity contribution in [3.8, 4) is 45.3 Å². The van der Waals surface area contributed by atoms with Gasteiger partial charge in [-0.3, -0.25) is 0 Å². The Balaban J connectivity index is 1.00. The summed E-state index contributed by atoms with van der Waals surface area (Å²) < 4.78 is 15.2. The molecule has 3 aromatic heterocycles. The second kappa shape index (κ2) is 17.9. The molecule has 0 amide bonds. The molecule has 11 aromatic rings. The number of rotatable bonds is 8. The quantitative estimate of drug-likeness (QED) is 0.142. The van der Waals surface area contributed by atoms with Crippen LogP contribution in [-0.4, -0.2) is 25.6 Å². The number of imidazole rings is 1. The van der Waals surface area contributed by atoms with Crippen LogP contribution in [0, 0.1) is 3.80 Å². The molecular formula is C66H60BN5OPt.